The van der Waals surface area contributed by atoms with E-state index in [2.05, 4.69) is 37.0 Å². The quantitative estimate of drug-likeness (QED) is 0.492. The van der Waals surface area contributed by atoms with Crippen molar-refractivity contribution in [2.45, 2.75) is 25.6 Å². The molecule has 0 aromatic heterocycles. The largest absolute Gasteiger partial charge is 0.434 e. The summed E-state index contributed by atoms with van der Waals surface area (Å²) in [4.78, 5) is 8.76. The molecule has 2 aliphatic heterocycles. The molecule has 2 heterocycles. The Hall–Kier alpha value is -2.22. The second-order valence-corrected chi connectivity index (χ2v) is 6.31. The van der Waals surface area contributed by atoms with Crippen molar-refractivity contribution in [1.29, 1.82) is 0 Å². The van der Waals surface area contributed by atoms with E-state index in [-0.39, 0.29) is 17.9 Å². The zero-order valence-electron chi connectivity index (χ0n) is 14.7. The minimum absolute atomic E-state index is 0.0217. The number of nitrogens with zero attached hydrogens (tertiary/aromatic N) is 3. The summed E-state index contributed by atoms with van der Waals surface area (Å²) in [5.74, 6) is -0.121. The molecular weight excluding hydrogens is 345 g/mol. The number of likely N-dealkylation sites (tertiary alicyclic amines) is 1. The highest BCUT2D eigenvalue weighted by Crippen LogP contribution is 2.24. The lowest BCUT2D eigenvalue weighted by Crippen LogP contribution is -2.42. The van der Waals surface area contributed by atoms with Crippen LogP contribution in [0.25, 0.3) is 0 Å². The van der Waals surface area contributed by atoms with Crippen molar-refractivity contribution in [1.82, 2.24) is 15.1 Å². The van der Waals surface area contributed by atoms with E-state index < -0.39 is 12.4 Å². The average Bonchev–Trinajstić information content (AvgIpc) is 3.28. The molecule has 142 valence electrons. The molecule has 5 nitrogen and oxygen atoms in total. The first-order valence-corrected chi connectivity index (χ1v) is 8.65. The molecule has 3 rings (SSSR count). The second kappa shape index (κ2) is 8.44. The maximum atomic E-state index is 14.1. The Kier molecular flexibility index (Phi) is 6.03. The summed E-state index contributed by atoms with van der Waals surface area (Å²) in [7, 11) is 1.66. The molecule has 1 fully saturated rings. The molecule has 1 saturated heterocycles. The van der Waals surface area contributed by atoms with Crippen molar-refractivity contribution in [3.8, 4) is 5.75 Å². The molecule has 1 aromatic rings. The van der Waals surface area contributed by atoms with E-state index in [0.717, 1.165) is 32.6 Å². The predicted octanol–water partition coefficient (Wildman–Crippen LogP) is 2.45. The fraction of sp³-hybridized carbons (Fsp3) is 0.500. The van der Waals surface area contributed by atoms with Gasteiger partial charge in [-0.05, 0) is 18.6 Å². The minimum atomic E-state index is -3.00. The molecule has 0 bridgehead atoms. The van der Waals surface area contributed by atoms with Crippen LogP contribution in [0.4, 0.5) is 13.2 Å². The van der Waals surface area contributed by atoms with Gasteiger partial charge in [0.25, 0.3) is 0 Å². The van der Waals surface area contributed by atoms with E-state index in [0.29, 0.717) is 12.0 Å². The second-order valence-electron chi connectivity index (χ2n) is 6.31. The normalized spacial score (nSPS) is 21.0. The van der Waals surface area contributed by atoms with Crippen LogP contribution in [0.5, 0.6) is 5.75 Å². The molecule has 1 aromatic carbocycles. The predicted molar refractivity (Wildman–Crippen MR) is 93.9 cm³/mol. The Morgan fingerprint density at radius 1 is 1.35 bits per heavy atom. The van der Waals surface area contributed by atoms with E-state index in [1.54, 1.807) is 7.05 Å². The first-order chi connectivity index (χ1) is 12.6. The van der Waals surface area contributed by atoms with Crippen LogP contribution < -0.4 is 10.1 Å². The highest BCUT2D eigenvalue weighted by Gasteiger charge is 2.29. The third-order valence-corrected chi connectivity index (χ3v) is 4.75. The fourth-order valence-electron chi connectivity index (χ4n) is 3.44. The molecule has 0 saturated carbocycles. The van der Waals surface area contributed by atoms with Gasteiger partial charge in [-0.1, -0.05) is 18.2 Å². The zero-order chi connectivity index (χ0) is 18.5. The number of nitrogens with one attached hydrogen (secondary N) is 1. The number of ether oxygens (including phenoxy) is 1. The number of alkyl halides is 2. The maximum Gasteiger partial charge on any atom is 0.387 e. The number of hydrogen-bond donors (Lipinski definition) is 1. The number of aliphatic imine (C=N–C) groups is 1. The van der Waals surface area contributed by atoms with E-state index >= 15 is 0 Å². The first kappa shape index (κ1) is 18.6. The van der Waals surface area contributed by atoms with Crippen molar-refractivity contribution in [3.63, 3.8) is 0 Å². The zero-order valence-corrected chi connectivity index (χ0v) is 14.7. The summed E-state index contributed by atoms with van der Waals surface area (Å²) in [5.41, 5.74) is 0.0634. The maximum absolute atomic E-state index is 14.1. The number of benzene rings is 1. The van der Waals surface area contributed by atoms with Crippen LogP contribution >= 0.6 is 0 Å². The van der Waals surface area contributed by atoms with Crippen LogP contribution in [-0.2, 0) is 6.54 Å². The molecule has 0 aliphatic carbocycles. The molecule has 0 radical (unpaired) electrons. The van der Waals surface area contributed by atoms with Crippen LogP contribution in [0.1, 0.15) is 12.0 Å². The Bertz CT molecular complexity index is 672. The Labute approximate surface area is 151 Å². The number of guanidine groups is 1. The number of halogens is 3. The molecule has 26 heavy (non-hydrogen) atoms. The molecule has 1 unspecified atom stereocenters. The summed E-state index contributed by atoms with van der Waals surface area (Å²) >= 11 is 0. The summed E-state index contributed by atoms with van der Waals surface area (Å²) in [6, 6.07) is 4.36. The van der Waals surface area contributed by atoms with Crippen molar-refractivity contribution < 1.29 is 17.9 Å². The van der Waals surface area contributed by atoms with E-state index in [4.69, 9.17) is 0 Å². The Morgan fingerprint density at radius 2 is 2.12 bits per heavy atom. The van der Waals surface area contributed by atoms with Crippen LogP contribution in [-0.4, -0.2) is 61.6 Å². The monoisotopic (exact) mass is 368 g/mol. The Balaban J connectivity index is 1.61. The van der Waals surface area contributed by atoms with Gasteiger partial charge in [0.15, 0.2) is 5.96 Å². The standard InChI is InChI=1S/C18H23F3N4O/c1-22-18(25-10-7-13(12-25)24-8-2-3-9-24)23-11-14-15(19)5-4-6-16(14)26-17(20)21/h2-6,13,17H,7-12H2,1H3,(H,22,23). The van der Waals surface area contributed by atoms with Gasteiger partial charge in [0.05, 0.1) is 0 Å². The van der Waals surface area contributed by atoms with Gasteiger partial charge < -0.3 is 15.0 Å². The lowest BCUT2D eigenvalue weighted by Gasteiger charge is -2.25. The topological polar surface area (TPSA) is 40.1 Å². The van der Waals surface area contributed by atoms with Gasteiger partial charge >= 0.3 is 6.61 Å². The summed E-state index contributed by atoms with van der Waals surface area (Å²) in [5, 5.41) is 3.07. The third-order valence-electron chi connectivity index (χ3n) is 4.75. The van der Waals surface area contributed by atoms with E-state index in [1.165, 1.54) is 18.2 Å². The van der Waals surface area contributed by atoms with Gasteiger partial charge in [-0.15, -0.1) is 0 Å². The molecule has 8 heteroatoms. The van der Waals surface area contributed by atoms with Gasteiger partial charge in [-0.3, -0.25) is 9.89 Å². The first-order valence-electron chi connectivity index (χ1n) is 8.65. The fourth-order valence-corrected chi connectivity index (χ4v) is 3.44. The van der Waals surface area contributed by atoms with E-state index in [1.807, 2.05) is 0 Å². The lowest BCUT2D eigenvalue weighted by molar-refractivity contribution is -0.0506. The van der Waals surface area contributed by atoms with Crippen LogP contribution in [0, 0.1) is 5.82 Å². The Morgan fingerprint density at radius 3 is 2.81 bits per heavy atom. The van der Waals surface area contributed by atoms with Gasteiger partial charge in [0, 0.05) is 51.4 Å². The third kappa shape index (κ3) is 4.30. The highest BCUT2D eigenvalue weighted by atomic mass is 19.3. The van der Waals surface area contributed by atoms with Gasteiger partial charge in [0.1, 0.15) is 11.6 Å². The molecule has 0 spiro atoms. The van der Waals surface area contributed by atoms with E-state index in [9.17, 15) is 13.2 Å². The average molecular weight is 368 g/mol. The molecule has 0 amide bonds. The minimum Gasteiger partial charge on any atom is -0.434 e. The van der Waals surface area contributed by atoms with Crippen molar-refractivity contribution in [2.24, 2.45) is 4.99 Å². The summed E-state index contributed by atoms with van der Waals surface area (Å²) < 4.78 is 43.5. The van der Waals surface area contributed by atoms with Gasteiger partial charge in [-0.25, -0.2) is 4.39 Å². The van der Waals surface area contributed by atoms with Crippen molar-refractivity contribution in [2.75, 3.05) is 33.2 Å². The van der Waals surface area contributed by atoms with Crippen LogP contribution in [0.15, 0.2) is 35.3 Å². The van der Waals surface area contributed by atoms with Crippen LogP contribution in [0.2, 0.25) is 0 Å². The molecule has 2 aliphatic rings. The lowest BCUT2D eigenvalue weighted by atomic mass is 10.2. The SMILES string of the molecule is CN=C(NCc1c(F)cccc1OC(F)F)N1CCC(N2CC=CC2)C1. The smallest absolute Gasteiger partial charge is 0.387 e. The van der Waals surface area contributed by atoms with Crippen molar-refractivity contribution >= 4 is 5.96 Å². The molecule has 1 atom stereocenters. The number of rotatable bonds is 5. The van der Waals surface area contributed by atoms with Crippen LogP contribution in [0.3, 0.4) is 0 Å². The number of hydrogen-bond acceptors (Lipinski definition) is 3. The summed E-state index contributed by atoms with van der Waals surface area (Å²) in [6.45, 7) is 0.636. The highest BCUT2D eigenvalue weighted by molar-refractivity contribution is 5.80. The molecular formula is C18H23F3N4O. The van der Waals surface area contributed by atoms with Gasteiger partial charge in [-0.2, -0.15) is 8.78 Å². The van der Waals surface area contributed by atoms with Gasteiger partial charge in [0.2, 0.25) is 0 Å². The summed E-state index contributed by atoms with van der Waals surface area (Å²) in [6.07, 6.45) is 5.36. The van der Waals surface area contributed by atoms with Crippen molar-refractivity contribution in [3.05, 3.63) is 41.7 Å². The molecule has 1 N–H and O–H groups in total.